The van der Waals surface area contributed by atoms with E-state index < -0.39 is 0 Å². The first-order valence-electron chi connectivity index (χ1n) is 3.49. The van der Waals surface area contributed by atoms with E-state index in [1.807, 2.05) is 0 Å². The third-order valence-electron chi connectivity index (χ3n) is 1.51. The van der Waals surface area contributed by atoms with Crippen LogP contribution in [-0.4, -0.2) is 28.6 Å². The van der Waals surface area contributed by atoms with E-state index in [0.29, 0.717) is 14.5 Å². The van der Waals surface area contributed by atoms with Gasteiger partial charge in [-0.25, -0.2) is 0 Å². The number of hydrogen-bond acceptors (Lipinski definition) is 1. The van der Waals surface area contributed by atoms with Gasteiger partial charge in [-0.1, -0.05) is 0 Å². The topological polar surface area (TPSA) is 3.24 Å². The maximum atomic E-state index is 2.29. The van der Waals surface area contributed by atoms with Gasteiger partial charge in [0, 0.05) is 0 Å². The van der Waals surface area contributed by atoms with Crippen molar-refractivity contribution in [2.75, 3.05) is 19.0 Å². The molecule has 0 bridgehead atoms. The molecule has 0 saturated heterocycles. The average molecular weight is 202 g/mol. The predicted molar refractivity (Wildman–Crippen MR) is 47.1 cm³/mol. The van der Waals surface area contributed by atoms with Gasteiger partial charge in [-0.2, -0.15) is 0 Å². The molecule has 0 spiro atoms. The summed E-state index contributed by atoms with van der Waals surface area (Å²) in [6.45, 7) is 2.21. The molecule has 0 saturated carbocycles. The molecule has 10 heavy (non-hydrogen) atoms. The molecule has 1 rings (SSSR count). The van der Waals surface area contributed by atoms with E-state index in [4.69, 9.17) is 0 Å². The number of rotatable bonds is 2. The van der Waals surface area contributed by atoms with Crippen molar-refractivity contribution in [1.29, 1.82) is 0 Å². The van der Waals surface area contributed by atoms with E-state index in [9.17, 15) is 0 Å². The second-order valence-corrected chi connectivity index (χ2v) is 4.38. The van der Waals surface area contributed by atoms with E-state index in [1.54, 1.807) is 0 Å². The van der Waals surface area contributed by atoms with E-state index >= 15 is 0 Å². The van der Waals surface area contributed by atoms with Crippen molar-refractivity contribution in [3.63, 3.8) is 0 Å². The summed E-state index contributed by atoms with van der Waals surface area (Å²) in [7, 11) is 4.25. The van der Waals surface area contributed by atoms with Crippen LogP contribution in [-0.2, 0) is 6.42 Å². The van der Waals surface area contributed by atoms with Gasteiger partial charge in [0.2, 0.25) is 0 Å². The molecule has 0 aliphatic rings. The Morgan fingerprint density at radius 2 is 2.20 bits per heavy atom. The minimum atomic E-state index is 0.606. The standard InChI is InChI=1S/C8H13NSe/c1-4-7-5-6-10-8(7)9(2)3/h5-6H,4H2,1-3H3. The SMILES string of the molecule is CCc1cc[se]c1N(C)C. The van der Waals surface area contributed by atoms with Gasteiger partial charge in [0.15, 0.2) is 0 Å². The van der Waals surface area contributed by atoms with Gasteiger partial charge >= 0.3 is 68.0 Å². The molecule has 0 N–H and O–H groups in total. The van der Waals surface area contributed by atoms with Crippen molar-refractivity contribution >= 4 is 19.1 Å². The summed E-state index contributed by atoms with van der Waals surface area (Å²) < 4.78 is 1.54. The third kappa shape index (κ3) is 1.44. The third-order valence-corrected chi connectivity index (χ3v) is 3.87. The zero-order valence-electron chi connectivity index (χ0n) is 6.72. The number of nitrogens with zero attached hydrogens (tertiary/aromatic N) is 1. The van der Waals surface area contributed by atoms with E-state index in [0.717, 1.165) is 0 Å². The fraction of sp³-hybridized carbons (Fsp3) is 0.500. The molecule has 0 aromatic carbocycles. The molecule has 1 aromatic rings. The molecule has 0 amide bonds. The van der Waals surface area contributed by atoms with Gasteiger partial charge in [0.1, 0.15) is 0 Å². The van der Waals surface area contributed by atoms with Gasteiger partial charge < -0.3 is 0 Å². The predicted octanol–water partition coefficient (Wildman–Crippen LogP) is 1.37. The molecule has 0 unspecified atom stereocenters. The summed E-state index contributed by atoms with van der Waals surface area (Å²) in [5.41, 5.74) is 1.52. The Labute approximate surface area is 68.4 Å². The quantitative estimate of drug-likeness (QED) is 0.655. The van der Waals surface area contributed by atoms with Gasteiger partial charge in [-0.05, 0) is 0 Å². The fourth-order valence-electron chi connectivity index (χ4n) is 0.989. The van der Waals surface area contributed by atoms with Crippen molar-refractivity contribution in [1.82, 2.24) is 0 Å². The molecule has 0 fully saturated rings. The Morgan fingerprint density at radius 3 is 2.60 bits per heavy atom. The van der Waals surface area contributed by atoms with Crippen LogP contribution < -0.4 is 4.90 Å². The molecular weight excluding hydrogens is 189 g/mol. The van der Waals surface area contributed by atoms with Gasteiger partial charge in [-0.15, -0.1) is 0 Å². The second kappa shape index (κ2) is 3.27. The van der Waals surface area contributed by atoms with E-state index in [-0.39, 0.29) is 0 Å². The number of aryl methyl sites for hydroxylation is 1. The van der Waals surface area contributed by atoms with Crippen LogP contribution in [0.2, 0.25) is 0 Å². The number of hydrogen-bond donors (Lipinski definition) is 0. The van der Waals surface area contributed by atoms with Crippen LogP contribution in [0.4, 0.5) is 4.56 Å². The van der Waals surface area contributed by atoms with Crippen molar-refractivity contribution in [3.05, 3.63) is 16.6 Å². The van der Waals surface area contributed by atoms with Crippen LogP contribution >= 0.6 is 0 Å². The van der Waals surface area contributed by atoms with Crippen molar-refractivity contribution in [2.45, 2.75) is 13.3 Å². The number of anilines is 1. The van der Waals surface area contributed by atoms with Crippen LogP contribution in [0.1, 0.15) is 12.5 Å². The van der Waals surface area contributed by atoms with Gasteiger partial charge in [-0.3, -0.25) is 0 Å². The van der Waals surface area contributed by atoms with Crippen LogP contribution in [0.5, 0.6) is 0 Å². The van der Waals surface area contributed by atoms with Crippen molar-refractivity contribution in [2.24, 2.45) is 0 Å². The summed E-state index contributed by atoms with van der Waals surface area (Å²) in [6.07, 6.45) is 1.17. The molecule has 56 valence electrons. The van der Waals surface area contributed by atoms with Crippen LogP contribution in [0.25, 0.3) is 0 Å². The molecule has 0 aliphatic heterocycles. The van der Waals surface area contributed by atoms with Crippen LogP contribution in [0.15, 0.2) is 11.0 Å². The first-order valence-corrected chi connectivity index (χ1v) is 5.34. The normalized spacial score (nSPS) is 9.90. The van der Waals surface area contributed by atoms with Crippen LogP contribution in [0, 0.1) is 0 Å². The Kier molecular flexibility index (Phi) is 2.58. The summed E-state index contributed by atoms with van der Waals surface area (Å²) in [6, 6.07) is 2.26. The minimum absolute atomic E-state index is 0.606. The maximum absolute atomic E-state index is 2.29. The fourth-order valence-corrected chi connectivity index (χ4v) is 2.95. The summed E-state index contributed by atoms with van der Waals surface area (Å²) in [5, 5.41) is 0. The first-order chi connectivity index (χ1) is 4.75. The van der Waals surface area contributed by atoms with E-state index in [1.165, 1.54) is 16.5 Å². The Balaban J connectivity index is 2.90. The Bertz CT molecular complexity index is 203. The summed E-state index contributed by atoms with van der Waals surface area (Å²) >= 11 is 0.606. The summed E-state index contributed by atoms with van der Waals surface area (Å²) in [4.78, 5) is 4.53. The van der Waals surface area contributed by atoms with E-state index in [2.05, 4.69) is 36.9 Å². The van der Waals surface area contributed by atoms with Crippen LogP contribution in [0.3, 0.4) is 0 Å². The summed E-state index contributed by atoms with van der Waals surface area (Å²) in [5.74, 6) is 0. The van der Waals surface area contributed by atoms with Gasteiger partial charge in [0.25, 0.3) is 0 Å². The first kappa shape index (κ1) is 7.90. The second-order valence-electron chi connectivity index (χ2n) is 2.50. The zero-order valence-corrected chi connectivity index (χ0v) is 8.43. The Morgan fingerprint density at radius 1 is 1.50 bits per heavy atom. The Hall–Kier alpha value is -0.201. The van der Waals surface area contributed by atoms with Gasteiger partial charge in [0.05, 0.1) is 0 Å². The molecule has 1 aromatic heterocycles. The molecule has 1 heterocycles. The molecule has 0 aliphatic carbocycles. The molecule has 2 heteroatoms. The monoisotopic (exact) mass is 203 g/mol. The zero-order chi connectivity index (χ0) is 7.56. The van der Waals surface area contributed by atoms with Crippen molar-refractivity contribution in [3.8, 4) is 0 Å². The van der Waals surface area contributed by atoms with Crippen molar-refractivity contribution < 1.29 is 0 Å². The molecule has 0 atom stereocenters. The average Bonchev–Trinajstić information content (AvgIpc) is 2.33. The molecule has 1 nitrogen and oxygen atoms in total. The molecular formula is C8H13NSe. The molecule has 0 radical (unpaired) electrons.